The van der Waals surface area contributed by atoms with Crippen LogP contribution in [-0.2, 0) is 17.8 Å². The second kappa shape index (κ2) is 7.30. The number of benzene rings is 2. The van der Waals surface area contributed by atoms with Gasteiger partial charge in [0.1, 0.15) is 5.75 Å². The van der Waals surface area contributed by atoms with Gasteiger partial charge in [-0.3, -0.25) is 4.79 Å². The molecular formula is C20H21NO4. The van der Waals surface area contributed by atoms with Crippen molar-refractivity contribution in [3.63, 3.8) is 0 Å². The molecule has 25 heavy (non-hydrogen) atoms. The molecule has 0 radical (unpaired) electrons. The van der Waals surface area contributed by atoms with Gasteiger partial charge in [0.05, 0.1) is 34.3 Å². The van der Waals surface area contributed by atoms with E-state index in [2.05, 4.69) is 0 Å². The van der Waals surface area contributed by atoms with Crippen LogP contribution in [0.1, 0.15) is 16.7 Å². The molecule has 0 unspecified atom stereocenters. The minimum atomic E-state index is 0.0398. The van der Waals surface area contributed by atoms with Crippen molar-refractivity contribution in [1.82, 2.24) is 4.90 Å². The molecule has 0 fully saturated rings. The van der Waals surface area contributed by atoms with Gasteiger partial charge in [0.25, 0.3) is 0 Å². The first-order valence-electron chi connectivity index (χ1n) is 8.00. The molecule has 1 amide bonds. The first kappa shape index (κ1) is 16.9. The SMILES string of the molecule is COc1ccc(CN2C=Cc3cc(OC)c(OC)cc3CC2=O)cc1. The lowest BCUT2D eigenvalue weighted by Gasteiger charge is -2.17. The highest BCUT2D eigenvalue weighted by atomic mass is 16.5. The smallest absolute Gasteiger partial charge is 0.231 e. The van der Waals surface area contributed by atoms with Crippen molar-refractivity contribution in [3.05, 3.63) is 59.3 Å². The third-order valence-corrected chi connectivity index (χ3v) is 4.25. The number of methoxy groups -OCH3 is 3. The molecule has 0 aromatic heterocycles. The van der Waals surface area contributed by atoms with E-state index in [4.69, 9.17) is 14.2 Å². The average Bonchev–Trinajstić information content (AvgIpc) is 2.79. The van der Waals surface area contributed by atoms with Crippen molar-refractivity contribution in [3.8, 4) is 17.2 Å². The van der Waals surface area contributed by atoms with Gasteiger partial charge in [-0.15, -0.1) is 0 Å². The Morgan fingerprint density at radius 1 is 0.960 bits per heavy atom. The van der Waals surface area contributed by atoms with E-state index < -0.39 is 0 Å². The fourth-order valence-electron chi connectivity index (χ4n) is 2.83. The zero-order valence-electron chi connectivity index (χ0n) is 14.6. The molecule has 0 aliphatic carbocycles. The fourth-order valence-corrected chi connectivity index (χ4v) is 2.83. The Morgan fingerprint density at radius 3 is 2.28 bits per heavy atom. The zero-order valence-corrected chi connectivity index (χ0v) is 14.6. The number of carbonyl (C=O) groups excluding carboxylic acids is 1. The van der Waals surface area contributed by atoms with Crippen LogP contribution >= 0.6 is 0 Å². The van der Waals surface area contributed by atoms with Crippen molar-refractivity contribution in [2.24, 2.45) is 0 Å². The number of amides is 1. The molecule has 2 aromatic rings. The number of hydrogen-bond donors (Lipinski definition) is 0. The predicted octanol–water partition coefficient (Wildman–Crippen LogP) is 3.27. The van der Waals surface area contributed by atoms with Gasteiger partial charge >= 0.3 is 0 Å². The third kappa shape index (κ3) is 3.60. The maximum Gasteiger partial charge on any atom is 0.231 e. The lowest BCUT2D eigenvalue weighted by atomic mass is 10.0. The van der Waals surface area contributed by atoms with E-state index in [9.17, 15) is 4.79 Å². The number of rotatable bonds is 5. The summed E-state index contributed by atoms with van der Waals surface area (Å²) in [4.78, 5) is 14.4. The lowest BCUT2D eigenvalue weighted by Crippen LogP contribution is -2.25. The van der Waals surface area contributed by atoms with Gasteiger partial charge < -0.3 is 19.1 Å². The summed E-state index contributed by atoms with van der Waals surface area (Å²) >= 11 is 0. The molecule has 0 saturated heterocycles. The molecule has 0 bridgehead atoms. The minimum Gasteiger partial charge on any atom is -0.497 e. The monoisotopic (exact) mass is 339 g/mol. The number of carbonyl (C=O) groups is 1. The summed E-state index contributed by atoms with van der Waals surface area (Å²) in [6.45, 7) is 0.515. The molecule has 0 N–H and O–H groups in total. The molecule has 1 heterocycles. The summed E-state index contributed by atoms with van der Waals surface area (Å²) in [5.74, 6) is 2.12. The van der Waals surface area contributed by atoms with Gasteiger partial charge in [0, 0.05) is 6.20 Å². The van der Waals surface area contributed by atoms with Crippen molar-refractivity contribution < 1.29 is 19.0 Å². The van der Waals surface area contributed by atoms with Crippen molar-refractivity contribution >= 4 is 12.0 Å². The van der Waals surface area contributed by atoms with E-state index in [0.29, 0.717) is 24.5 Å². The summed E-state index contributed by atoms with van der Waals surface area (Å²) < 4.78 is 15.8. The molecule has 3 rings (SSSR count). The van der Waals surface area contributed by atoms with E-state index >= 15 is 0 Å². The topological polar surface area (TPSA) is 48.0 Å². The highest BCUT2D eigenvalue weighted by Crippen LogP contribution is 2.33. The summed E-state index contributed by atoms with van der Waals surface area (Å²) in [5, 5.41) is 0. The van der Waals surface area contributed by atoms with Gasteiger partial charge in [-0.05, 0) is 47.0 Å². The molecular weight excluding hydrogens is 318 g/mol. The molecule has 5 nitrogen and oxygen atoms in total. The number of fused-ring (bicyclic) bond motifs is 1. The highest BCUT2D eigenvalue weighted by Gasteiger charge is 2.19. The van der Waals surface area contributed by atoms with E-state index in [1.807, 2.05) is 48.7 Å². The summed E-state index contributed by atoms with van der Waals surface area (Å²) in [7, 11) is 4.83. The molecule has 1 aliphatic heterocycles. The minimum absolute atomic E-state index is 0.0398. The van der Waals surface area contributed by atoms with Gasteiger partial charge in [-0.1, -0.05) is 12.1 Å². The second-order valence-corrected chi connectivity index (χ2v) is 5.77. The van der Waals surface area contributed by atoms with E-state index in [0.717, 1.165) is 22.4 Å². The Hall–Kier alpha value is -2.95. The zero-order chi connectivity index (χ0) is 17.8. The summed E-state index contributed by atoms with van der Waals surface area (Å²) in [6.07, 6.45) is 4.08. The van der Waals surface area contributed by atoms with Crippen LogP contribution in [0.2, 0.25) is 0 Å². The third-order valence-electron chi connectivity index (χ3n) is 4.25. The van der Waals surface area contributed by atoms with Crippen LogP contribution < -0.4 is 14.2 Å². The molecule has 1 aliphatic rings. The van der Waals surface area contributed by atoms with Gasteiger partial charge in [-0.2, -0.15) is 0 Å². The normalized spacial score (nSPS) is 13.2. The molecule has 0 spiro atoms. The molecule has 5 heteroatoms. The molecule has 2 aromatic carbocycles. The highest BCUT2D eigenvalue weighted by molar-refractivity contribution is 5.84. The van der Waals surface area contributed by atoms with Gasteiger partial charge in [-0.25, -0.2) is 0 Å². The summed E-state index contributed by atoms with van der Waals surface area (Å²) in [6, 6.07) is 11.5. The van der Waals surface area contributed by atoms with E-state index in [-0.39, 0.29) is 5.91 Å². The lowest BCUT2D eigenvalue weighted by molar-refractivity contribution is -0.128. The Balaban J connectivity index is 1.84. The van der Waals surface area contributed by atoms with Crippen LogP contribution in [0.3, 0.4) is 0 Å². The second-order valence-electron chi connectivity index (χ2n) is 5.77. The number of ether oxygens (including phenoxy) is 3. The first-order chi connectivity index (χ1) is 12.1. The largest absolute Gasteiger partial charge is 0.497 e. The van der Waals surface area contributed by atoms with Crippen molar-refractivity contribution in [1.29, 1.82) is 0 Å². The first-order valence-corrected chi connectivity index (χ1v) is 8.00. The van der Waals surface area contributed by atoms with Crippen LogP contribution in [-0.4, -0.2) is 32.1 Å². The molecule has 0 atom stereocenters. The number of hydrogen-bond acceptors (Lipinski definition) is 4. The number of nitrogens with zero attached hydrogens (tertiary/aromatic N) is 1. The quantitative estimate of drug-likeness (QED) is 0.839. The maximum absolute atomic E-state index is 12.6. The van der Waals surface area contributed by atoms with Gasteiger partial charge in [0.2, 0.25) is 5.91 Å². The van der Waals surface area contributed by atoms with Crippen LogP contribution in [0, 0.1) is 0 Å². The molecule has 130 valence electrons. The van der Waals surface area contributed by atoms with Crippen LogP contribution in [0.25, 0.3) is 6.08 Å². The fraction of sp³-hybridized carbons (Fsp3) is 0.250. The Kier molecular flexibility index (Phi) is 4.93. The van der Waals surface area contributed by atoms with Crippen LogP contribution in [0.5, 0.6) is 17.2 Å². The maximum atomic E-state index is 12.6. The molecule has 0 saturated carbocycles. The van der Waals surface area contributed by atoms with Gasteiger partial charge in [0.15, 0.2) is 11.5 Å². The van der Waals surface area contributed by atoms with Crippen molar-refractivity contribution in [2.75, 3.05) is 21.3 Å². The van der Waals surface area contributed by atoms with E-state index in [1.165, 1.54) is 0 Å². The predicted molar refractivity (Wildman–Crippen MR) is 95.8 cm³/mol. The van der Waals surface area contributed by atoms with Crippen LogP contribution in [0.15, 0.2) is 42.6 Å². The summed E-state index contributed by atoms with van der Waals surface area (Å²) in [5.41, 5.74) is 2.93. The van der Waals surface area contributed by atoms with Crippen molar-refractivity contribution in [2.45, 2.75) is 13.0 Å². The Bertz CT molecular complexity index is 796. The average molecular weight is 339 g/mol. The standard InChI is InChI=1S/C20H21NO4/c1-23-17-6-4-14(5-7-17)13-21-9-8-15-10-18(24-2)19(25-3)11-16(15)12-20(21)22/h4-11H,12-13H2,1-3H3. The Morgan fingerprint density at radius 2 is 1.64 bits per heavy atom. The van der Waals surface area contributed by atoms with E-state index in [1.54, 1.807) is 26.2 Å². The van der Waals surface area contributed by atoms with Crippen LogP contribution in [0.4, 0.5) is 0 Å². The Labute approximate surface area is 147 Å².